The Morgan fingerprint density at radius 3 is 2.15 bits per heavy atom. The topological polar surface area (TPSA) is 17.1 Å². The van der Waals surface area contributed by atoms with Crippen LogP contribution in [0.1, 0.15) is 72.1 Å². The van der Waals surface area contributed by atoms with Gasteiger partial charge in [0.25, 0.3) is 0 Å². The van der Waals surface area contributed by atoms with Crippen LogP contribution in [0.3, 0.4) is 0 Å². The molecule has 20 heavy (non-hydrogen) atoms. The zero-order chi connectivity index (χ0) is 14.2. The minimum absolute atomic E-state index is 0.0506. The van der Waals surface area contributed by atoms with Crippen LogP contribution < -0.4 is 0 Å². The van der Waals surface area contributed by atoms with Gasteiger partial charge in [0, 0.05) is 5.41 Å². The second kappa shape index (κ2) is 3.86. The van der Waals surface area contributed by atoms with Crippen molar-refractivity contribution in [3.05, 3.63) is 0 Å². The molecule has 4 saturated carbocycles. The highest BCUT2D eigenvalue weighted by molar-refractivity contribution is 8.01. The Balaban J connectivity index is 1.72. The van der Waals surface area contributed by atoms with Gasteiger partial charge < -0.3 is 0 Å². The van der Waals surface area contributed by atoms with E-state index < -0.39 is 0 Å². The van der Waals surface area contributed by atoms with Gasteiger partial charge in [-0.1, -0.05) is 13.8 Å². The van der Waals surface area contributed by atoms with Gasteiger partial charge in [-0.25, -0.2) is 0 Å². The maximum absolute atomic E-state index is 13.5. The highest BCUT2D eigenvalue weighted by atomic mass is 32.2. The van der Waals surface area contributed by atoms with E-state index in [4.69, 9.17) is 0 Å². The minimum Gasteiger partial charge on any atom is -0.298 e. The third-order valence-electron chi connectivity index (χ3n) is 6.81. The molecule has 112 valence electrons. The Labute approximate surface area is 127 Å². The zero-order valence-corrected chi connectivity index (χ0v) is 14.1. The average molecular weight is 292 g/mol. The molecule has 0 amide bonds. The van der Waals surface area contributed by atoms with Crippen molar-refractivity contribution >= 4 is 17.5 Å². The number of hydrogen-bond acceptors (Lipinski definition) is 2. The molecule has 0 aromatic heterocycles. The van der Waals surface area contributed by atoms with E-state index in [2.05, 4.69) is 20.8 Å². The largest absolute Gasteiger partial charge is 0.298 e. The van der Waals surface area contributed by atoms with Crippen molar-refractivity contribution in [1.29, 1.82) is 0 Å². The van der Waals surface area contributed by atoms with Crippen LogP contribution in [-0.4, -0.2) is 16.3 Å². The lowest BCUT2D eigenvalue weighted by Crippen LogP contribution is -2.60. The van der Waals surface area contributed by atoms with Gasteiger partial charge in [-0.3, -0.25) is 4.79 Å². The molecule has 1 saturated heterocycles. The van der Waals surface area contributed by atoms with E-state index in [1.165, 1.54) is 50.7 Å². The van der Waals surface area contributed by atoms with Crippen molar-refractivity contribution in [2.75, 3.05) is 5.75 Å². The number of carbonyl (C=O) groups excluding carboxylic acids is 1. The first-order valence-corrected chi connectivity index (χ1v) is 9.44. The van der Waals surface area contributed by atoms with E-state index in [-0.39, 0.29) is 10.2 Å². The van der Waals surface area contributed by atoms with E-state index in [9.17, 15) is 4.79 Å². The number of ketones is 1. The third kappa shape index (κ3) is 1.79. The molecule has 3 atom stereocenters. The summed E-state index contributed by atoms with van der Waals surface area (Å²) in [5, 5.41) is 0. The van der Waals surface area contributed by atoms with Crippen molar-refractivity contribution < 1.29 is 4.79 Å². The normalized spacial score (nSPS) is 57.2. The molecule has 1 nitrogen and oxygen atoms in total. The molecule has 4 bridgehead atoms. The summed E-state index contributed by atoms with van der Waals surface area (Å²) >= 11 is 1.95. The van der Waals surface area contributed by atoms with Gasteiger partial charge >= 0.3 is 0 Å². The Hall–Kier alpha value is 0.0200. The molecule has 0 N–H and O–H groups in total. The lowest BCUT2D eigenvalue weighted by molar-refractivity contribution is -0.169. The molecule has 5 fully saturated rings. The lowest BCUT2D eigenvalue weighted by Gasteiger charge is -2.65. The van der Waals surface area contributed by atoms with Gasteiger partial charge in [0.15, 0.2) is 5.78 Å². The zero-order valence-electron chi connectivity index (χ0n) is 13.3. The summed E-state index contributed by atoms with van der Waals surface area (Å²) in [4.78, 5) is 13.5. The Bertz CT molecular complexity index is 444. The van der Waals surface area contributed by atoms with Crippen LogP contribution in [0.5, 0.6) is 0 Å². The van der Waals surface area contributed by atoms with Crippen LogP contribution in [0.15, 0.2) is 0 Å². The summed E-state index contributed by atoms with van der Waals surface area (Å²) in [5.41, 5.74) is 0.974. The first-order chi connectivity index (χ1) is 9.27. The van der Waals surface area contributed by atoms with Crippen molar-refractivity contribution in [3.8, 4) is 0 Å². The van der Waals surface area contributed by atoms with Crippen LogP contribution >= 0.6 is 11.8 Å². The van der Waals surface area contributed by atoms with Crippen LogP contribution in [0, 0.1) is 22.2 Å². The van der Waals surface area contributed by atoms with E-state index in [1.807, 2.05) is 11.8 Å². The Morgan fingerprint density at radius 1 is 1.00 bits per heavy atom. The fourth-order valence-corrected chi connectivity index (χ4v) is 8.60. The van der Waals surface area contributed by atoms with E-state index in [1.54, 1.807) is 0 Å². The van der Waals surface area contributed by atoms with Gasteiger partial charge in [0.2, 0.25) is 0 Å². The Morgan fingerprint density at radius 2 is 1.65 bits per heavy atom. The monoisotopic (exact) mass is 292 g/mol. The first kappa shape index (κ1) is 13.7. The van der Waals surface area contributed by atoms with Gasteiger partial charge in [0.1, 0.15) is 0 Å². The van der Waals surface area contributed by atoms with Crippen LogP contribution in [0.2, 0.25) is 0 Å². The van der Waals surface area contributed by atoms with Gasteiger partial charge in [-0.15, -0.1) is 11.8 Å². The average Bonchev–Trinajstić information content (AvgIpc) is 2.71. The van der Waals surface area contributed by atoms with E-state index in [0.717, 1.165) is 12.3 Å². The Kier molecular flexibility index (Phi) is 2.64. The van der Waals surface area contributed by atoms with Gasteiger partial charge in [0.05, 0.1) is 4.75 Å². The minimum atomic E-state index is -0.0572. The number of Topliss-reactive ketones (excluding diaryl/α,β-unsaturated/α-hetero) is 1. The standard InChI is InChI=1S/C18H28OS/c1-15-7-13-8-16(2,10-15)12-18(9-13,11-15)14(19)17(3)5-4-6-20-17/h13H,4-12H2,1-3H3. The molecule has 0 aromatic rings. The molecule has 3 unspecified atom stereocenters. The highest BCUT2D eigenvalue weighted by Gasteiger charge is 2.64. The second-order valence-corrected chi connectivity index (χ2v) is 11.0. The molecule has 2 heteroatoms. The van der Waals surface area contributed by atoms with Gasteiger partial charge in [-0.2, -0.15) is 0 Å². The summed E-state index contributed by atoms with van der Waals surface area (Å²) in [6, 6.07) is 0. The van der Waals surface area contributed by atoms with Crippen LogP contribution in [0.25, 0.3) is 0 Å². The first-order valence-electron chi connectivity index (χ1n) is 8.46. The second-order valence-electron chi connectivity index (χ2n) is 9.42. The van der Waals surface area contributed by atoms with Crippen LogP contribution in [-0.2, 0) is 4.79 Å². The molecule has 5 rings (SSSR count). The van der Waals surface area contributed by atoms with Crippen molar-refractivity contribution in [2.45, 2.75) is 76.9 Å². The van der Waals surface area contributed by atoms with Crippen molar-refractivity contribution in [2.24, 2.45) is 22.2 Å². The summed E-state index contributed by atoms with van der Waals surface area (Å²) in [5.74, 6) is 2.67. The third-order valence-corrected chi connectivity index (χ3v) is 8.33. The maximum Gasteiger partial charge on any atom is 0.154 e. The molecule has 1 aliphatic heterocycles. The summed E-state index contributed by atoms with van der Waals surface area (Å²) in [7, 11) is 0. The predicted octanol–water partition coefficient (Wildman–Crippen LogP) is 4.84. The summed E-state index contributed by atoms with van der Waals surface area (Å²) in [6.07, 6.45) is 10.1. The highest BCUT2D eigenvalue weighted by Crippen LogP contribution is 2.70. The van der Waals surface area contributed by atoms with Crippen molar-refractivity contribution in [3.63, 3.8) is 0 Å². The maximum atomic E-state index is 13.5. The number of thioether (sulfide) groups is 1. The molecule has 0 spiro atoms. The smallest absolute Gasteiger partial charge is 0.154 e. The molecule has 0 aromatic carbocycles. The molecular formula is C18H28OS. The number of rotatable bonds is 2. The molecule has 0 radical (unpaired) electrons. The summed E-state index contributed by atoms with van der Waals surface area (Å²) < 4.78 is -0.0572. The van der Waals surface area contributed by atoms with Gasteiger partial charge in [-0.05, 0) is 80.8 Å². The molecule has 1 heterocycles. The lowest BCUT2D eigenvalue weighted by atomic mass is 9.39. The van der Waals surface area contributed by atoms with Crippen molar-refractivity contribution in [1.82, 2.24) is 0 Å². The van der Waals surface area contributed by atoms with E-state index >= 15 is 0 Å². The quantitative estimate of drug-likeness (QED) is 0.724. The van der Waals surface area contributed by atoms with Crippen LogP contribution in [0.4, 0.5) is 0 Å². The SMILES string of the molecule is CC12CC3CC(C)(C1)CC(C(=O)C1(C)CCCS1)(C3)C2. The predicted molar refractivity (Wildman–Crippen MR) is 84.9 cm³/mol. The number of hydrogen-bond donors (Lipinski definition) is 0. The fourth-order valence-electron chi connectivity index (χ4n) is 7.22. The summed E-state index contributed by atoms with van der Waals surface area (Å²) in [6.45, 7) is 7.19. The van der Waals surface area contributed by atoms with E-state index in [0.29, 0.717) is 16.6 Å². The fraction of sp³-hybridized carbons (Fsp3) is 0.944. The molecular weight excluding hydrogens is 264 g/mol. The number of carbonyl (C=O) groups is 1. The molecule has 5 aliphatic rings. The molecule has 4 aliphatic carbocycles.